The Bertz CT molecular complexity index is 380. The lowest BCUT2D eigenvalue weighted by Crippen LogP contribution is -2.22. The minimum absolute atomic E-state index is 0.0451. The number of hydrogen-bond acceptors (Lipinski definition) is 1. The van der Waals surface area contributed by atoms with Gasteiger partial charge in [-0.05, 0) is 17.7 Å². The molecule has 0 saturated carbocycles. The quantitative estimate of drug-likeness (QED) is 0.802. The third-order valence-corrected chi connectivity index (χ3v) is 2.70. The van der Waals surface area contributed by atoms with Crippen LogP contribution >= 0.6 is 15.9 Å². The molecule has 0 aromatic heterocycles. The van der Waals surface area contributed by atoms with E-state index in [1.807, 2.05) is 20.8 Å². The van der Waals surface area contributed by atoms with Crippen molar-refractivity contribution in [1.82, 2.24) is 0 Å². The maximum Gasteiger partial charge on any atom is 0.142 e. The summed E-state index contributed by atoms with van der Waals surface area (Å²) < 4.78 is 14.1. The number of carbonyl (C=O) groups is 1. The topological polar surface area (TPSA) is 17.1 Å². The Balaban J connectivity index is 2.87. The van der Waals surface area contributed by atoms with Crippen molar-refractivity contribution in [2.24, 2.45) is 5.41 Å². The summed E-state index contributed by atoms with van der Waals surface area (Å²) in [6.45, 7) is 5.52. The van der Waals surface area contributed by atoms with E-state index in [1.54, 1.807) is 12.1 Å². The number of rotatable bonds is 2. The first-order valence-electron chi connectivity index (χ1n) is 4.78. The van der Waals surface area contributed by atoms with E-state index < -0.39 is 5.41 Å². The molecule has 0 heterocycles. The zero-order chi connectivity index (χ0) is 11.6. The summed E-state index contributed by atoms with van der Waals surface area (Å²) in [4.78, 5) is 11.7. The molecule has 0 radical (unpaired) electrons. The highest BCUT2D eigenvalue weighted by atomic mass is 79.9. The number of carbonyl (C=O) groups excluding carboxylic acids is 1. The van der Waals surface area contributed by atoms with E-state index >= 15 is 0 Å². The second-order valence-electron chi connectivity index (χ2n) is 4.59. The second kappa shape index (κ2) is 4.44. The number of halogens is 2. The van der Waals surface area contributed by atoms with Gasteiger partial charge in [-0.15, -0.1) is 0 Å². The van der Waals surface area contributed by atoms with Crippen molar-refractivity contribution in [3.8, 4) is 0 Å². The first kappa shape index (κ1) is 12.4. The molecule has 1 rings (SSSR count). The molecule has 0 N–H and O–H groups in total. The van der Waals surface area contributed by atoms with Crippen LogP contribution in [0.15, 0.2) is 22.7 Å². The average Bonchev–Trinajstić information content (AvgIpc) is 2.08. The highest BCUT2D eigenvalue weighted by Crippen LogP contribution is 2.21. The van der Waals surface area contributed by atoms with Crippen LogP contribution in [-0.4, -0.2) is 5.78 Å². The molecule has 0 spiro atoms. The van der Waals surface area contributed by atoms with Gasteiger partial charge in [0.2, 0.25) is 0 Å². The summed E-state index contributed by atoms with van der Waals surface area (Å²) in [6.07, 6.45) is 0.155. The number of hydrogen-bond donors (Lipinski definition) is 0. The van der Waals surface area contributed by atoms with E-state index in [2.05, 4.69) is 15.9 Å². The summed E-state index contributed by atoms with van der Waals surface area (Å²) in [7, 11) is 0. The van der Waals surface area contributed by atoms with Gasteiger partial charge in [-0.2, -0.15) is 0 Å². The lowest BCUT2D eigenvalue weighted by Gasteiger charge is -2.16. The van der Waals surface area contributed by atoms with Crippen molar-refractivity contribution in [2.75, 3.05) is 0 Å². The molecule has 0 bridgehead atoms. The minimum atomic E-state index is -0.417. The fraction of sp³-hybridized carbons (Fsp3) is 0.417. The van der Waals surface area contributed by atoms with Crippen LogP contribution in [0.4, 0.5) is 4.39 Å². The van der Waals surface area contributed by atoms with Crippen LogP contribution in [0.5, 0.6) is 0 Å². The molecule has 0 aliphatic carbocycles. The average molecular weight is 273 g/mol. The van der Waals surface area contributed by atoms with Crippen molar-refractivity contribution < 1.29 is 9.18 Å². The summed E-state index contributed by atoms with van der Waals surface area (Å²) >= 11 is 3.18. The Morgan fingerprint density at radius 1 is 1.40 bits per heavy atom. The highest BCUT2D eigenvalue weighted by molar-refractivity contribution is 9.10. The fourth-order valence-electron chi connectivity index (χ4n) is 1.10. The second-order valence-corrected chi connectivity index (χ2v) is 5.50. The zero-order valence-electron chi connectivity index (χ0n) is 9.10. The summed E-state index contributed by atoms with van der Waals surface area (Å²) in [5.74, 6) is -0.286. The monoisotopic (exact) mass is 272 g/mol. The van der Waals surface area contributed by atoms with E-state index in [-0.39, 0.29) is 18.0 Å². The number of Topliss-reactive ketones (excluding diaryl/α,β-unsaturated/α-hetero) is 1. The molecule has 0 unspecified atom stereocenters. The van der Waals surface area contributed by atoms with Gasteiger partial charge < -0.3 is 0 Å². The summed E-state index contributed by atoms with van der Waals surface area (Å²) in [6, 6.07) is 4.77. The van der Waals surface area contributed by atoms with Crippen molar-refractivity contribution in [3.63, 3.8) is 0 Å². The largest absolute Gasteiger partial charge is 0.299 e. The molecule has 3 heteroatoms. The van der Waals surface area contributed by atoms with Crippen LogP contribution < -0.4 is 0 Å². The zero-order valence-corrected chi connectivity index (χ0v) is 10.7. The van der Waals surface area contributed by atoms with Crippen LogP contribution in [0.25, 0.3) is 0 Å². The predicted molar refractivity (Wildman–Crippen MR) is 62.3 cm³/mol. The van der Waals surface area contributed by atoms with Gasteiger partial charge in [0.25, 0.3) is 0 Å². The smallest absolute Gasteiger partial charge is 0.142 e. The van der Waals surface area contributed by atoms with Crippen LogP contribution in [0.3, 0.4) is 0 Å². The van der Waals surface area contributed by atoms with Crippen molar-refractivity contribution >= 4 is 21.7 Å². The van der Waals surface area contributed by atoms with Crippen molar-refractivity contribution in [1.29, 1.82) is 0 Å². The maximum absolute atomic E-state index is 13.4. The van der Waals surface area contributed by atoms with Gasteiger partial charge in [0.1, 0.15) is 11.6 Å². The third kappa shape index (κ3) is 3.42. The highest BCUT2D eigenvalue weighted by Gasteiger charge is 2.22. The van der Waals surface area contributed by atoms with Gasteiger partial charge in [0.05, 0.1) is 0 Å². The molecular formula is C12H14BrFO. The molecule has 1 nitrogen and oxygen atoms in total. The first-order chi connectivity index (χ1) is 6.80. The van der Waals surface area contributed by atoms with Crippen LogP contribution in [0, 0.1) is 11.2 Å². The Morgan fingerprint density at radius 3 is 2.47 bits per heavy atom. The van der Waals surface area contributed by atoms with E-state index in [4.69, 9.17) is 0 Å². The molecular weight excluding hydrogens is 259 g/mol. The predicted octanol–water partition coefficient (Wildman–Crippen LogP) is 3.75. The Morgan fingerprint density at radius 2 is 2.00 bits per heavy atom. The third-order valence-electron chi connectivity index (χ3n) is 2.20. The standard InChI is InChI=1S/C12H14BrFO/c1-12(2,3)11(15)6-8-4-5-9(13)7-10(8)14/h4-5,7H,6H2,1-3H3. The molecule has 0 aliphatic heterocycles. The van der Waals surface area contributed by atoms with E-state index in [0.29, 0.717) is 10.0 Å². The Kier molecular flexibility index (Phi) is 3.66. The summed E-state index contributed by atoms with van der Waals surface area (Å²) in [5, 5.41) is 0. The minimum Gasteiger partial charge on any atom is -0.299 e. The number of benzene rings is 1. The van der Waals surface area contributed by atoms with E-state index in [9.17, 15) is 9.18 Å². The van der Waals surface area contributed by atoms with Crippen molar-refractivity contribution in [2.45, 2.75) is 27.2 Å². The molecule has 82 valence electrons. The van der Waals surface area contributed by atoms with Crippen LogP contribution in [0.2, 0.25) is 0 Å². The fourth-order valence-corrected chi connectivity index (χ4v) is 1.44. The van der Waals surface area contributed by atoms with Gasteiger partial charge in [-0.3, -0.25) is 4.79 Å². The van der Waals surface area contributed by atoms with Crippen LogP contribution in [-0.2, 0) is 11.2 Å². The van der Waals surface area contributed by atoms with Crippen LogP contribution in [0.1, 0.15) is 26.3 Å². The van der Waals surface area contributed by atoms with Crippen molar-refractivity contribution in [3.05, 3.63) is 34.1 Å². The molecule has 0 fully saturated rings. The van der Waals surface area contributed by atoms with Gasteiger partial charge in [0.15, 0.2) is 0 Å². The summed E-state index contributed by atoms with van der Waals surface area (Å²) in [5.41, 5.74) is 0.0394. The lowest BCUT2D eigenvalue weighted by atomic mass is 9.87. The lowest BCUT2D eigenvalue weighted by molar-refractivity contribution is -0.125. The number of ketones is 1. The Labute approximate surface area is 97.8 Å². The normalized spacial score (nSPS) is 11.5. The SMILES string of the molecule is CC(C)(C)C(=O)Cc1ccc(Br)cc1F. The molecule has 1 aromatic carbocycles. The molecule has 0 saturated heterocycles. The van der Waals surface area contributed by atoms with Gasteiger partial charge in [0, 0.05) is 16.3 Å². The Hall–Kier alpha value is -0.700. The van der Waals surface area contributed by atoms with Gasteiger partial charge >= 0.3 is 0 Å². The van der Waals surface area contributed by atoms with Gasteiger partial charge in [-0.1, -0.05) is 42.8 Å². The van der Waals surface area contributed by atoms with E-state index in [0.717, 1.165) is 0 Å². The molecule has 0 amide bonds. The molecule has 0 aliphatic rings. The molecule has 15 heavy (non-hydrogen) atoms. The maximum atomic E-state index is 13.4. The first-order valence-corrected chi connectivity index (χ1v) is 5.57. The van der Waals surface area contributed by atoms with Gasteiger partial charge in [-0.25, -0.2) is 4.39 Å². The molecule has 0 atom stereocenters. The molecule has 1 aromatic rings. The van der Waals surface area contributed by atoms with E-state index in [1.165, 1.54) is 6.07 Å².